The van der Waals surface area contributed by atoms with Gasteiger partial charge in [0.1, 0.15) is 18.2 Å². The summed E-state index contributed by atoms with van der Waals surface area (Å²) in [5.74, 6) is -2.07. The molecule has 0 spiro atoms. The fourth-order valence-corrected chi connectivity index (χ4v) is 2.36. The zero-order chi connectivity index (χ0) is 20.4. The van der Waals surface area contributed by atoms with Gasteiger partial charge in [0.2, 0.25) is 0 Å². The van der Waals surface area contributed by atoms with Gasteiger partial charge >= 0.3 is 12.4 Å². The van der Waals surface area contributed by atoms with Crippen LogP contribution in [0.15, 0.2) is 36.4 Å². The van der Waals surface area contributed by atoms with E-state index in [-0.39, 0.29) is 5.56 Å². The Morgan fingerprint density at radius 3 is 2.11 bits per heavy atom. The summed E-state index contributed by atoms with van der Waals surface area (Å²) < 4.78 is 105. The largest absolute Gasteiger partial charge is 0.407 e. The van der Waals surface area contributed by atoms with Gasteiger partial charge in [-0.25, -0.2) is 13.6 Å². The molecule has 144 valence electrons. The summed E-state index contributed by atoms with van der Waals surface area (Å²) in [6.45, 7) is 4.34. The lowest BCUT2D eigenvalue weighted by molar-refractivity contribution is -0.136. The minimum atomic E-state index is -4.96. The van der Waals surface area contributed by atoms with Crippen molar-refractivity contribution in [3.8, 4) is 0 Å². The molecule has 2 aromatic carbocycles. The first-order valence-electron chi connectivity index (χ1n) is 7.25. The first kappa shape index (κ1) is 20.5. The molecular formula is C17H10F8N2. The fourth-order valence-electron chi connectivity index (χ4n) is 2.36. The predicted octanol–water partition coefficient (Wildman–Crippen LogP) is 6.10. The Balaban J connectivity index is 2.50. The summed E-state index contributed by atoms with van der Waals surface area (Å²) in [5.41, 5.74) is -3.01. The molecule has 0 N–H and O–H groups in total. The number of alkyl halides is 6. The second-order valence-electron chi connectivity index (χ2n) is 5.52. The number of halogens is 8. The summed E-state index contributed by atoms with van der Waals surface area (Å²) >= 11 is 0. The van der Waals surface area contributed by atoms with Gasteiger partial charge < -0.3 is 4.90 Å². The molecule has 2 rings (SSSR count). The van der Waals surface area contributed by atoms with Crippen LogP contribution < -0.4 is 4.90 Å². The van der Waals surface area contributed by atoms with E-state index < -0.39 is 54.0 Å². The number of hydrogen-bond acceptors (Lipinski definition) is 1. The molecule has 0 aromatic heterocycles. The summed E-state index contributed by atoms with van der Waals surface area (Å²) in [4.78, 5) is 3.18. The minimum Gasteiger partial charge on any atom is -0.358 e. The molecule has 10 heteroatoms. The van der Waals surface area contributed by atoms with Crippen molar-refractivity contribution in [2.75, 3.05) is 11.4 Å². The first-order valence-corrected chi connectivity index (χ1v) is 7.25. The summed E-state index contributed by atoms with van der Waals surface area (Å²) in [5, 5.41) is 0. The Hall–Kier alpha value is -2.83. The molecular weight excluding hydrogens is 384 g/mol. The highest BCUT2D eigenvalue weighted by Gasteiger charge is 2.36. The van der Waals surface area contributed by atoms with Crippen LogP contribution in [0.5, 0.6) is 0 Å². The fraction of sp³-hybridized carbons (Fsp3) is 0.235. The molecule has 2 nitrogen and oxygen atoms in total. The monoisotopic (exact) mass is 394 g/mol. The third-order valence-corrected chi connectivity index (χ3v) is 3.52. The Morgan fingerprint density at radius 2 is 1.59 bits per heavy atom. The van der Waals surface area contributed by atoms with Crippen molar-refractivity contribution in [3.63, 3.8) is 0 Å². The molecule has 0 saturated heterocycles. The Bertz CT molecular complexity index is 865. The molecule has 27 heavy (non-hydrogen) atoms. The highest BCUT2D eigenvalue weighted by atomic mass is 19.4. The second-order valence-corrected chi connectivity index (χ2v) is 5.52. The average molecular weight is 394 g/mol. The van der Waals surface area contributed by atoms with E-state index in [1.165, 1.54) is 0 Å². The number of anilines is 1. The van der Waals surface area contributed by atoms with Crippen molar-refractivity contribution in [3.05, 3.63) is 70.6 Å². The zero-order valence-electron chi connectivity index (χ0n) is 13.3. The molecule has 2 aromatic rings. The normalized spacial score (nSPS) is 12.0. The Labute approximate surface area is 148 Å². The van der Waals surface area contributed by atoms with Crippen molar-refractivity contribution < 1.29 is 35.1 Å². The van der Waals surface area contributed by atoms with E-state index in [1.807, 2.05) is 0 Å². The van der Waals surface area contributed by atoms with E-state index in [9.17, 15) is 35.1 Å². The molecule has 0 radical (unpaired) electrons. The summed E-state index contributed by atoms with van der Waals surface area (Å²) in [6, 6.07) is 4.26. The lowest BCUT2D eigenvalue weighted by atomic mass is 10.1. The predicted molar refractivity (Wildman–Crippen MR) is 81.2 cm³/mol. The molecule has 0 bridgehead atoms. The minimum absolute atomic E-state index is 0.330. The van der Waals surface area contributed by atoms with Gasteiger partial charge in [-0.1, -0.05) is 12.1 Å². The van der Waals surface area contributed by atoms with Crippen LogP contribution in [0.4, 0.5) is 46.5 Å². The third kappa shape index (κ3) is 5.32. The van der Waals surface area contributed by atoms with E-state index in [1.54, 1.807) is 0 Å². The van der Waals surface area contributed by atoms with E-state index >= 15 is 0 Å². The molecule has 0 fully saturated rings. The van der Waals surface area contributed by atoms with Gasteiger partial charge in [-0.05, 0) is 18.2 Å². The van der Waals surface area contributed by atoms with Crippen LogP contribution in [0.2, 0.25) is 0 Å². The van der Waals surface area contributed by atoms with Crippen molar-refractivity contribution in [1.29, 1.82) is 0 Å². The Kier molecular flexibility index (Phi) is 5.63. The summed E-state index contributed by atoms with van der Waals surface area (Å²) in [6.07, 6.45) is -9.76. The van der Waals surface area contributed by atoms with Crippen LogP contribution >= 0.6 is 0 Å². The highest BCUT2D eigenvalue weighted by Crippen LogP contribution is 2.39. The molecule has 0 atom stereocenters. The standard InChI is InChI=1S/C17H10F8N2/c1-26-15-5-4-12(7-13(15)17(23,24)25)27(9-16(20,21)22)8-10-2-3-11(18)6-14(10)19/h2-7H,8-9H2. The van der Waals surface area contributed by atoms with Crippen LogP contribution in [0.25, 0.3) is 4.85 Å². The number of nitrogens with zero attached hydrogens (tertiary/aromatic N) is 2. The van der Waals surface area contributed by atoms with Crippen LogP contribution in [0.1, 0.15) is 11.1 Å². The smallest absolute Gasteiger partial charge is 0.358 e. The van der Waals surface area contributed by atoms with Crippen LogP contribution in [-0.2, 0) is 12.7 Å². The van der Waals surface area contributed by atoms with Crippen LogP contribution in [0, 0.1) is 18.2 Å². The number of benzene rings is 2. The van der Waals surface area contributed by atoms with Crippen molar-refractivity contribution in [1.82, 2.24) is 0 Å². The van der Waals surface area contributed by atoms with Crippen molar-refractivity contribution >= 4 is 11.4 Å². The van der Waals surface area contributed by atoms with E-state index in [2.05, 4.69) is 4.85 Å². The van der Waals surface area contributed by atoms with Gasteiger partial charge in [0.05, 0.1) is 12.1 Å². The van der Waals surface area contributed by atoms with Gasteiger partial charge in [-0.3, -0.25) is 0 Å². The van der Waals surface area contributed by atoms with Gasteiger partial charge in [-0.2, -0.15) is 26.3 Å². The van der Waals surface area contributed by atoms with Gasteiger partial charge in [0.25, 0.3) is 0 Å². The second kappa shape index (κ2) is 7.42. The molecule has 0 heterocycles. The maximum atomic E-state index is 13.8. The molecule has 0 aliphatic heterocycles. The maximum absolute atomic E-state index is 13.8. The molecule has 0 saturated carbocycles. The van der Waals surface area contributed by atoms with Gasteiger partial charge in [0.15, 0.2) is 5.69 Å². The quantitative estimate of drug-likeness (QED) is 0.449. The van der Waals surface area contributed by atoms with Crippen LogP contribution in [0.3, 0.4) is 0 Å². The topological polar surface area (TPSA) is 7.60 Å². The average Bonchev–Trinajstić information content (AvgIpc) is 2.54. The molecule has 0 unspecified atom stereocenters. The summed E-state index contributed by atoms with van der Waals surface area (Å²) in [7, 11) is 0. The van der Waals surface area contributed by atoms with Gasteiger partial charge in [0, 0.05) is 23.9 Å². The van der Waals surface area contributed by atoms with Crippen LogP contribution in [-0.4, -0.2) is 12.7 Å². The van der Waals surface area contributed by atoms with E-state index in [4.69, 9.17) is 6.57 Å². The third-order valence-electron chi connectivity index (χ3n) is 3.52. The highest BCUT2D eigenvalue weighted by molar-refractivity contribution is 5.62. The van der Waals surface area contributed by atoms with E-state index in [0.29, 0.717) is 17.0 Å². The lowest BCUT2D eigenvalue weighted by Gasteiger charge is -2.27. The zero-order valence-corrected chi connectivity index (χ0v) is 13.3. The van der Waals surface area contributed by atoms with E-state index in [0.717, 1.165) is 24.3 Å². The lowest BCUT2D eigenvalue weighted by Crippen LogP contribution is -2.34. The maximum Gasteiger partial charge on any atom is 0.407 e. The van der Waals surface area contributed by atoms with Crippen molar-refractivity contribution in [2.45, 2.75) is 18.9 Å². The van der Waals surface area contributed by atoms with Gasteiger partial charge in [-0.15, -0.1) is 0 Å². The SMILES string of the molecule is [C-]#[N+]c1ccc(N(Cc2ccc(F)cc2F)CC(F)(F)F)cc1C(F)(F)F. The molecule has 0 aliphatic rings. The number of rotatable bonds is 4. The van der Waals surface area contributed by atoms with Crippen molar-refractivity contribution in [2.24, 2.45) is 0 Å². The first-order chi connectivity index (χ1) is 12.4. The number of hydrogen-bond donors (Lipinski definition) is 0. The Morgan fingerprint density at radius 1 is 0.926 bits per heavy atom. The molecule has 0 aliphatic carbocycles. The molecule has 0 amide bonds.